The second-order valence-electron chi connectivity index (χ2n) is 4.46. The van der Waals surface area contributed by atoms with Crippen LogP contribution < -0.4 is 5.32 Å². The maximum atomic E-state index is 4.49. The van der Waals surface area contributed by atoms with Crippen molar-refractivity contribution in [3.63, 3.8) is 0 Å². The van der Waals surface area contributed by atoms with E-state index in [-0.39, 0.29) is 0 Å². The van der Waals surface area contributed by atoms with Crippen LogP contribution in [0.1, 0.15) is 18.2 Å². The van der Waals surface area contributed by atoms with Crippen molar-refractivity contribution >= 4 is 0 Å². The highest BCUT2D eigenvalue weighted by Crippen LogP contribution is 2.04. The van der Waals surface area contributed by atoms with Crippen LogP contribution in [0.2, 0.25) is 0 Å². The van der Waals surface area contributed by atoms with Crippen LogP contribution in [0.3, 0.4) is 0 Å². The van der Waals surface area contributed by atoms with Crippen LogP contribution in [-0.4, -0.2) is 43.6 Å². The van der Waals surface area contributed by atoms with Gasteiger partial charge in [0.1, 0.15) is 0 Å². The first-order valence-electron chi connectivity index (χ1n) is 5.91. The molecule has 0 fully saturated rings. The van der Waals surface area contributed by atoms with E-state index in [0.717, 1.165) is 19.4 Å². The fourth-order valence-electron chi connectivity index (χ4n) is 1.74. The van der Waals surface area contributed by atoms with Crippen molar-refractivity contribution in [2.45, 2.75) is 25.8 Å². The zero-order valence-corrected chi connectivity index (χ0v) is 10.8. The lowest BCUT2D eigenvalue weighted by Crippen LogP contribution is -2.37. The van der Waals surface area contributed by atoms with Gasteiger partial charge < -0.3 is 10.2 Å². The molecule has 0 spiro atoms. The summed E-state index contributed by atoms with van der Waals surface area (Å²) >= 11 is 0. The Morgan fingerprint density at radius 3 is 2.56 bits per heavy atom. The molecule has 1 aromatic rings. The maximum Gasteiger partial charge on any atom is 0.0419 e. The van der Waals surface area contributed by atoms with Gasteiger partial charge in [0.05, 0.1) is 0 Å². The summed E-state index contributed by atoms with van der Waals surface area (Å²) in [4.78, 5) is 6.68. The molecule has 1 atom stereocenters. The molecular formula is C13H23N3. The molecule has 0 aromatic carbocycles. The topological polar surface area (TPSA) is 28.2 Å². The van der Waals surface area contributed by atoms with E-state index >= 15 is 0 Å². The highest BCUT2D eigenvalue weighted by atomic mass is 15.1. The fourth-order valence-corrected chi connectivity index (χ4v) is 1.74. The lowest BCUT2D eigenvalue weighted by Gasteiger charge is -2.20. The third-order valence-electron chi connectivity index (χ3n) is 2.74. The number of nitrogens with zero attached hydrogens (tertiary/aromatic N) is 2. The van der Waals surface area contributed by atoms with Crippen molar-refractivity contribution in [1.29, 1.82) is 0 Å². The van der Waals surface area contributed by atoms with Crippen molar-refractivity contribution in [3.8, 4) is 0 Å². The van der Waals surface area contributed by atoms with Crippen molar-refractivity contribution < 1.29 is 0 Å². The molecule has 0 aliphatic carbocycles. The van der Waals surface area contributed by atoms with Gasteiger partial charge in [0.15, 0.2) is 0 Å². The Morgan fingerprint density at radius 1 is 1.38 bits per heavy atom. The van der Waals surface area contributed by atoms with Gasteiger partial charge >= 0.3 is 0 Å². The Bertz CT molecular complexity index is 293. The second-order valence-corrected chi connectivity index (χ2v) is 4.46. The van der Waals surface area contributed by atoms with Crippen LogP contribution in [0.25, 0.3) is 0 Å². The number of pyridine rings is 1. The fraction of sp³-hybridized carbons (Fsp3) is 0.615. The summed E-state index contributed by atoms with van der Waals surface area (Å²) in [5.41, 5.74) is 2.47. The molecule has 16 heavy (non-hydrogen) atoms. The molecule has 0 saturated heterocycles. The summed E-state index contributed by atoms with van der Waals surface area (Å²) < 4.78 is 0. The highest BCUT2D eigenvalue weighted by molar-refractivity contribution is 5.14. The Labute approximate surface area is 98.9 Å². The predicted octanol–water partition coefficient (Wildman–Crippen LogP) is 1.34. The van der Waals surface area contributed by atoms with Crippen LogP contribution in [0.15, 0.2) is 18.3 Å². The lowest BCUT2D eigenvalue weighted by atomic mass is 10.1. The molecule has 1 unspecified atom stereocenters. The summed E-state index contributed by atoms with van der Waals surface area (Å²) in [6, 6.07) is 4.78. The number of hydrogen-bond donors (Lipinski definition) is 1. The van der Waals surface area contributed by atoms with Gasteiger partial charge in [-0.1, -0.05) is 13.0 Å². The number of aromatic nitrogens is 1. The highest BCUT2D eigenvalue weighted by Gasteiger charge is 2.08. The Kier molecular flexibility index (Phi) is 5.43. The van der Waals surface area contributed by atoms with Gasteiger partial charge in [-0.15, -0.1) is 0 Å². The van der Waals surface area contributed by atoms with Gasteiger partial charge in [0, 0.05) is 30.9 Å². The van der Waals surface area contributed by atoms with E-state index in [2.05, 4.69) is 48.4 Å². The monoisotopic (exact) mass is 221 g/mol. The maximum absolute atomic E-state index is 4.49. The van der Waals surface area contributed by atoms with Crippen LogP contribution in [0.4, 0.5) is 0 Å². The van der Waals surface area contributed by atoms with Gasteiger partial charge in [-0.05, 0) is 39.2 Å². The molecular weight excluding hydrogens is 198 g/mol. The molecule has 0 saturated carbocycles. The number of hydrogen-bond acceptors (Lipinski definition) is 3. The summed E-state index contributed by atoms with van der Waals surface area (Å²) in [6.45, 7) is 3.19. The predicted molar refractivity (Wildman–Crippen MR) is 68.7 cm³/mol. The van der Waals surface area contributed by atoms with Crippen LogP contribution >= 0.6 is 0 Å². The smallest absolute Gasteiger partial charge is 0.0419 e. The normalized spacial score (nSPS) is 13.1. The molecule has 1 heterocycles. The molecule has 1 rings (SSSR count). The number of rotatable bonds is 6. The summed E-state index contributed by atoms with van der Waals surface area (Å²) in [6.07, 6.45) is 4.02. The molecule has 0 aliphatic heterocycles. The lowest BCUT2D eigenvalue weighted by molar-refractivity contribution is 0.345. The quantitative estimate of drug-likeness (QED) is 0.785. The van der Waals surface area contributed by atoms with Crippen LogP contribution in [0, 0.1) is 0 Å². The van der Waals surface area contributed by atoms with E-state index in [4.69, 9.17) is 0 Å². The zero-order chi connectivity index (χ0) is 12.0. The second kappa shape index (κ2) is 6.61. The first-order valence-corrected chi connectivity index (χ1v) is 5.91. The van der Waals surface area contributed by atoms with Crippen molar-refractivity contribution in [3.05, 3.63) is 29.6 Å². The minimum Gasteiger partial charge on any atom is -0.315 e. The molecule has 0 aliphatic rings. The zero-order valence-electron chi connectivity index (χ0n) is 10.8. The van der Waals surface area contributed by atoms with Crippen molar-refractivity contribution in [2.75, 3.05) is 27.7 Å². The first kappa shape index (κ1) is 13.1. The van der Waals surface area contributed by atoms with Gasteiger partial charge in [-0.25, -0.2) is 0 Å². The molecule has 1 N–H and O–H groups in total. The van der Waals surface area contributed by atoms with E-state index in [1.165, 1.54) is 11.3 Å². The number of likely N-dealkylation sites (N-methyl/N-ethyl adjacent to an activating group) is 2. The molecule has 0 bridgehead atoms. The van der Waals surface area contributed by atoms with Crippen molar-refractivity contribution in [1.82, 2.24) is 15.2 Å². The summed E-state index contributed by atoms with van der Waals surface area (Å²) in [5, 5.41) is 3.33. The Balaban J connectivity index is 2.56. The molecule has 90 valence electrons. The number of aryl methyl sites for hydroxylation is 1. The van der Waals surface area contributed by atoms with E-state index in [1.807, 2.05) is 13.2 Å². The average Bonchev–Trinajstić information content (AvgIpc) is 2.28. The van der Waals surface area contributed by atoms with E-state index in [0.29, 0.717) is 6.04 Å². The Morgan fingerprint density at radius 2 is 2.12 bits per heavy atom. The molecule has 3 nitrogen and oxygen atoms in total. The molecule has 1 aromatic heterocycles. The molecule has 0 radical (unpaired) electrons. The minimum absolute atomic E-state index is 0.468. The van der Waals surface area contributed by atoms with Crippen LogP contribution in [0.5, 0.6) is 0 Å². The van der Waals surface area contributed by atoms with E-state index in [1.54, 1.807) is 0 Å². The Hall–Kier alpha value is -0.930. The SMILES string of the molecule is CCc1ccc(CC(CN(C)C)NC)nc1. The average molecular weight is 221 g/mol. The first-order chi connectivity index (χ1) is 7.65. The van der Waals surface area contributed by atoms with Gasteiger partial charge in [-0.3, -0.25) is 4.98 Å². The largest absolute Gasteiger partial charge is 0.315 e. The third-order valence-corrected chi connectivity index (χ3v) is 2.74. The third kappa shape index (κ3) is 4.29. The van der Waals surface area contributed by atoms with E-state index in [9.17, 15) is 0 Å². The van der Waals surface area contributed by atoms with Gasteiger partial charge in [-0.2, -0.15) is 0 Å². The van der Waals surface area contributed by atoms with Crippen LogP contribution in [-0.2, 0) is 12.8 Å². The summed E-state index contributed by atoms with van der Waals surface area (Å²) in [5.74, 6) is 0. The van der Waals surface area contributed by atoms with Crippen molar-refractivity contribution in [2.24, 2.45) is 0 Å². The van der Waals surface area contributed by atoms with Gasteiger partial charge in [0.2, 0.25) is 0 Å². The standard InChI is InChI=1S/C13H23N3/c1-5-11-6-7-12(15-9-11)8-13(14-2)10-16(3)4/h6-7,9,13-14H,5,8,10H2,1-4H3. The number of nitrogens with one attached hydrogen (secondary N) is 1. The molecule has 0 amide bonds. The minimum atomic E-state index is 0.468. The molecule has 3 heteroatoms. The van der Waals surface area contributed by atoms with Gasteiger partial charge in [0.25, 0.3) is 0 Å². The summed E-state index contributed by atoms with van der Waals surface area (Å²) in [7, 11) is 6.20. The van der Waals surface area contributed by atoms with E-state index < -0.39 is 0 Å².